The minimum absolute atomic E-state index is 0.0314. The van der Waals surface area contributed by atoms with Gasteiger partial charge in [0.15, 0.2) is 0 Å². The van der Waals surface area contributed by atoms with E-state index in [4.69, 9.17) is 0 Å². The quantitative estimate of drug-likeness (QED) is 0.762. The number of benzene rings is 1. The van der Waals surface area contributed by atoms with E-state index in [1.54, 1.807) is 0 Å². The molecular weight excluding hydrogens is 302 g/mol. The smallest absolute Gasteiger partial charge is 0.224 e. The van der Waals surface area contributed by atoms with Gasteiger partial charge in [0.1, 0.15) is 0 Å². The number of hydrogen-bond acceptors (Lipinski definition) is 3. The molecule has 1 aliphatic heterocycles. The van der Waals surface area contributed by atoms with Gasteiger partial charge in [-0.15, -0.1) is 0 Å². The zero-order chi connectivity index (χ0) is 17.2. The maximum Gasteiger partial charge on any atom is 0.224 e. The molecule has 0 unspecified atom stereocenters. The average Bonchev–Trinajstić information content (AvgIpc) is 2.58. The number of carbonyl (C=O) groups excluding carboxylic acids is 2. The van der Waals surface area contributed by atoms with Gasteiger partial charge in [0.05, 0.1) is 6.42 Å². The lowest BCUT2D eigenvalue weighted by Crippen LogP contribution is -2.45. The van der Waals surface area contributed by atoms with E-state index < -0.39 is 0 Å². The molecule has 1 aromatic carbocycles. The Hall–Kier alpha value is -1.88. The van der Waals surface area contributed by atoms with Gasteiger partial charge >= 0.3 is 0 Å². The van der Waals surface area contributed by atoms with Gasteiger partial charge in [-0.05, 0) is 31.4 Å². The second-order valence-corrected chi connectivity index (χ2v) is 6.45. The zero-order valence-corrected chi connectivity index (χ0v) is 14.6. The Morgan fingerprint density at radius 1 is 1.12 bits per heavy atom. The van der Waals surface area contributed by atoms with Crippen molar-refractivity contribution in [1.82, 2.24) is 15.5 Å². The van der Waals surface area contributed by atoms with Crippen molar-refractivity contribution < 1.29 is 9.59 Å². The normalized spacial score (nSPS) is 15.9. The van der Waals surface area contributed by atoms with Crippen LogP contribution in [0.15, 0.2) is 30.3 Å². The number of carbonyl (C=O) groups is 2. The molecule has 1 fully saturated rings. The number of hydrogen-bond donors (Lipinski definition) is 2. The first kappa shape index (κ1) is 18.5. The summed E-state index contributed by atoms with van der Waals surface area (Å²) < 4.78 is 0. The summed E-state index contributed by atoms with van der Waals surface area (Å²) in [7, 11) is 0. The van der Waals surface area contributed by atoms with E-state index in [1.807, 2.05) is 30.3 Å². The highest BCUT2D eigenvalue weighted by molar-refractivity contribution is 5.80. The second-order valence-electron chi connectivity index (χ2n) is 6.45. The summed E-state index contributed by atoms with van der Waals surface area (Å²) in [6.45, 7) is 5.86. The third-order valence-electron chi connectivity index (χ3n) is 4.37. The molecule has 0 atom stereocenters. The second kappa shape index (κ2) is 10.1. The van der Waals surface area contributed by atoms with E-state index in [2.05, 4.69) is 22.5 Å². The Kier molecular flexibility index (Phi) is 7.75. The van der Waals surface area contributed by atoms with Crippen molar-refractivity contribution in [2.24, 2.45) is 0 Å². The molecule has 1 heterocycles. The number of nitrogens with zero attached hydrogens (tertiary/aromatic N) is 1. The van der Waals surface area contributed by atoms with Crippen LogP contribution in [0, 0.1) is 0 Å². The molecule has 1 aromatic rings. The summed E-state index contributed by atoms with van der Waals surface area (Å²) in [6.07, 6.45) is 3.92. The molecule has 0 aromatic heterocycles. The van der Waals surface area contributed by atoms with Crippen molar-refractivity contribution in [3.63, 3.8) is 0 Å². The van der Waals surface area contributed by atoms with Crippen LogP contribution in [0.25, 0.3) is 0 Å². The third kappa shape index (κ3) is 6.71. The van der Waals surface area contributed by atoms with Crippen molar-refractivity contribution >= 4 is 11.8 Å². The minimum atomic E-state index is -0.0399. The molecule has 0 saturated carbocycles. The van der Waals surface area contributed by atoms with E-state index in [-0.39, 0.29) is 17.9 Å². The minimum Gasteiger partial charge on any atom is -0.355 e. The van der Waals surface area contributed by atoms with Crippen LogP contribution in [-0.2, 0) is 16.0 Å². The summed E-state index contributed by atoms with van der Waals surface area (Å²) in [5, 5.41) is 5.90. The van der Waals surface area contributed by atoms with Crippen LogP contribution in [0.3, 0.4) is 0 Å². The predicted octanol–water partition coefficient (Wildman–Crippen LogP) is 1.73. The van der Waals surface area contributed by atoms with E-state index in [0.717, 1.165) is 38.0 Å². The van der Waals surface area contributed by atoms with Gasteiger partial charge in [0, 0.05) is 32.1 Å². The highest BCUT2D eigenvalue weighted by Crippen LogP contribution is 2.10. The lowest BCUT2D eigenvalue weighted by atomic mass is 10.0. The zero-order valence-electron chi connectivity index (χ0n) is 14.6. The van der Waals surface area contributed by atoms with E-state index in [0.29, 0.717) is 19.4 Å². The van der Waals surface area contributed by atoms with Crippen LogP contribution in [0.1, 0.15) is 38.2 Å². The molecular formula is C19H29N3O2. The number of likely N-dealkylation sites (tertiary alicyclic amines) is 1. The topological polar surface area (TPSA) is 61.4 Å². The van der Waals surface area contributed by atoms with Crippen molar-refractivity contribution in [3.8, 4) is 0 Å². The molecule has 2 amide bonds. The summed E-state index contributed by atoms with van der Waals surface area (Å²) in [5.41, 5.74) is 0.985. The van der Waals surface area contributed by atoms with Gasteiger partial charge in [-0.2, -0.15) is 0 Å². The first-order chi connectivity index (χ1) is 11.7. The Balaban J connectivity index is 1.57. The molecule has 0 aliphatic carbocycles. The fraction of sp³-hybridized carbons (Fsp3) is 0.579. The summed E-state index contributed by atoms with van der Waals surface area (Å²) >= 11 is 0. The monoisotopic (exact) mass is 331 g/mol. The third-order valence-corrected chi connectivity index (χ3v) is 4.37. The fourth-order valence-electron chi connectivity index (χ4n) is 3.08. The maximum absolute atomic E-state index is 12.0. The van der Waals surface area contributed by atoms with Crippen LogP contribution in [-0.4, -0.2) is 48.9 Å². The molecule has 5 nitrogen and oxygen atoms in total. The standard InChI is InChI=1S/C19H29N3O2/c1-2-12-22-13-9-17(10-14-22)21-18(23)8-11-20-19(24)15-16-6-4-3-5-7-16/h3-7,17H,2,8-15H2,1H3,(H,20,24)(H,21,23). The van der Waals surface area contributed by atoms with Crippen molar-refractivity contribution in [2.45, 2.75) is 45.1 Å². The van der Waals surface area contributed by atoms with Crippen LogP contribution in [0.5, 0.6) is 0 Å². The Morgan fingerprint density at radius 3 is 2.50 bits per heavy atom. The van der Waals surface area contributed by atoms with Gasteiger partial charge in [-0.3, -0.25) is 9.59 Å². The largest absolute Gasteiger partial charge is 0.355 e. The highest BCUT2D eigenvalue weighted by atomic mass is 16.2. The van der Waals surface area contributed by atoms with Crippen LogP contribution < -0.4 is 10.6 Å². The van der Waals surface area contributed by atoms with Crippen LogP contribution in [0.2, 0.25) is 0 Å². The van der Waals surface area contributed by atoms with Crippen molar-refractivity contribution in [1.29, 1.82) is 0 Å². The fourth-order valence-corrected chi connectivity index (χ4v) is 3.08. The maximum atomic E-state index is 12.0. The molecule has 0 bridgehead atoms. The van der Waals surface area contributed by atoms with Crippen molar-refractivity contribution in [2.75, 3.05) is 26.2 Å². The Labute approximate surface area is 144 Å². The van der Waals surface area contributed by atoms with E-state index >= 15 is 0 Å². The van der Waals surface area contributed by atoms with Gasteiger partial charge < -0.3 is 15.5 Å². The molecule has 2 N–H and O–H groups in total. The molecule has 0 radical (unpaired) electrons. The molecule has 132 valence electrons. The van der Waals surface area contributed by atoms with E-state index in [9.17, 15) is 9.59 Å². The van der Waals surface area contributed by atoms with Gasteiger partial charge in [-0.1, -0.05) is 37.3 Å². The lowest BCUT2D eigenvalue weighted by molar-refractivity contribution is -0.122. The van der Waals surface area contributed by atoms with E-state index in [1.165, 1.54) is 6.42 Å². The predicted molar refractivity (Wildman–Crippen MR) is 95.7 cm³/mol. The van der Waals surface area contributed by atoms with Gasteiger partial charge in [-0.25, -0.2) is 0 Å². The molecule has 0 spiro atoms. The molecule has 2 rings (SSSR count). The molecule has 24 heavy (non-hydrogen) atoms. The first-order valence-corrected chi connectivity index (χ1v) is 8.99. The SMILES string of the molecule is CCCN1CCC(NC(=O)CCNC(=O)Cc2ccccc2)CC1. The summed E-state index contributed by atoms with van der Waals surface area (Å²) in [4.78, 5) is 26.3. The van der Waals surface area contributed by atoms with Gasteiger partial charge in [0.25, 0.3) is 0 Å². The molecule has 5 heteroatoms. The summed E-state index contributed by atoms with van der Waals surface area (Å²) in [5.74, 6) is -0.00849. The van der Waals surface area contributed by atoms with Gasteiger partial charge in [0.2, 0.25) is 11.8 Å². The number of piperidine rings is 1. The molecule has 1 saturated heterocycles. The Bertz CT molecular complexity index is 511. The van der Waals surface area contributed by atoms with Crippen LogP contribution in [0.4, 0.5) is 0 Å². The first-order valence-electron chi connectivity index (χ1n) is 8.99. The number of nitrogens with one attached hydrogen (secondary N) is 2. The highest BCUT2D eigenvalue weighted by Gasteiger charge is 2.19. The van der Waals surface area contributed by atoms with Crippen LogP contribution >= 0.6 is 0 Å². The molecule has 1 aliphatic rings. The summed E-state index contributed by atoms with van der Waals surface area (Å²) in [6, 6.07) is 9.90. The average molecular weight is 331 g/mol. The van der Waals surface area contributed by atoms with Crippen molar-refractivity contribution in [3.05, 3.63) is 35.9 Å². The Morgan fingerprint density at radius 2 is 1.83 bits per heavy atom. The number of amides is 2. The number of rotatable bonds is 8. The lowest BCUT2D eigenvalue weighted by Gasteiger charge is -2.32.